The molecular formula is C39H49FN16O13. The molecule has 1 amide bonds. The van der Waals surface area contributed by atoms with Crippen molar-refractivity contribution in [1.29, 1.82) is 0 Å². The summed E-state index contributed by atoms with van der Waals surface area (Å²) in [6.07, 6.45) is -22.9. The van der Waals surface area contributed by atoms with Crippen molar-refractivity contribution >= 4 is 6.09 Å². The Hall–Kier alpha value is -6.25. The molecule has 18 atom stereocenters. The summed E-state index contributed by atoms with van der Waals surface area (Å²) in [4.78, 5) is 28.9. The SMILES string of the molecule is [N-]=[N+]=NC[C@@H]1O[C@H](O[C@H]2[C@@H](O)[C@H](O[C@@H]3[C@@H](O)[C@H](N=[N+]=[N-])C[C@H](N=[N+]=[N-])[C@H]3O[C@H]3O[C@H]([C@@H](CF)N(Cc4ccccc4)C(=O)OCc4ccccc4)CC[C@H]3N=[N+]=[N-])O[C@@H]2CO)[C@H](N=[N+]=[N-])[C@@H](O)[C@@H]1O. The molecule has 6 rings (SSSR count). The van der Waals surface area contributed by atoms with Crippen LogP contribution in [-0.2, 0) is 46.3 Å². The van der Waals surface area contributed by atoms with Gasteiger partial charge >= 0.3 is 6.09 Å². The predicted octanol–water partition coefficient (Wildman–Crippen LogP) is 4.14. The van der Waals surface area contributed by atoms with Crippen molar-refractivity contribution in [3.63, 3.8) is 0 Å². The molecule has 0 radical (unpaired) electrons. The van der Waals surface area contributed by atoms with Crippen LogP contribution in [0.3, 0.4) is 0 Å². The van der Waals surface area contributed by atoms with Crippen LogP contribution in [0.1, 0.15) is 30.4 Å². The maximum absolute atomic E-state index is 15.5. The Balaban J connectivity index is 1.28. The van der Waals surface area contributed by atoms with E-state index in [1.54, 1.807) is 60.7 Å². The predicted molar refractivity (Wildman–Crippen MR) is 230 cm³/mol. The Labute approximate surface area is 390 Å². The van der Waals surface area contributed by atoms with Crippen molar-refractivity contribution in [2.75, 3.05) is 19.8 Å². The van der Waals surface area contributed by atoms with Crippen molar-refractivity contribution in [3.8, 4) is 0 Å². The smallest absolute Gasteiger partial charge is 0.410 e. The maximum Gasteiger partial charge on any atom is 0.410 e. The van der Waals surface area contributed by atoms with Gasteiger partial charge in [0.05, 0.1) is 67.8 Å². The Morgan fingerprint density at radius 1 is 0.681 bits per heavy atom. The van der Waals surface area contributed by atoms with Gasteiger partial charge in [0.2, 0.25) is 0 Å². The lowest BCUT2D eigenvalue weighted by molar-refractivity contribution is -0.292. The van der Waals surface area contributed by atoms with Gasteiger partial charge in [-0.15, -0.1) is 0 Å². The molecule has 69 heavy (non-hydrogen) atoms. The van der Waals surface area contributed by atoms with Gasteiger partial charge < -0.3 is 58.7 Å². The number of hydrogen-bond acceptors (Lipinski definition) is 18. The zero-order valence-corrected chi connectivity index (χ0v) is 36.4. The largest absolute Gasteiger partial charge is 0.445 e. The summed E-state index contributed by atoms with van der Waals surface area (Å²) in [6.45, 7) is -2.77. The third-order valence-corrected chi connectivity index (χ3v) is 12.0. The van der Waals surface area contributed by atoms with Crippen molar-refractivity contribution in [3.05, 3.63) is 124 Å². The van der Waals surface area contributed by atoms with Crippen molar-refractivity contribution in [1.82, 2.24) is 4.90 Å². The fraction of sp³-hybridized carbons (Fsp3) is 0.667. The number of carbonyl (C=O) groups is 1. The van der Waals surface area contributed by atoms with E-state index >= 15 is 4.39 Å². The molecule has 0 unspecified atom stereocenters. The van der Waals surface area contributed by atoms with Gasteiger partial charge in [-0.2, -0.15) is 0 Å². The molecular weight excluding hydrogens is 920 g/mol. The van der Waals surface area contributed by atoms with Crippen LogP contribution in [0.4, 0.5) is 9.18 Å². The van der Waals surface area contributed by atoms with Crippen LogP contribution in [0.5, 0.6) is 0 Å². The molecule has 30 heteroatoms. The molecule has 3 aliphatic heterocycles. The second-order valence-corrected chi connectivity index (χ2v) is 16.2. The van der Waals surface area contributed by atoms with Gasteiger partial charge in [-0.1, -0.05) is 86.2 Å². The number of nitrogens with zero attached hydrogens (tertiary/aromatic N) is 16. The third kappa shape index (κ3) is 12.7. The van der Waals surface area contributed by atoms with Gasteiger partial charge in [0.25, 0.3) is 0 Å². The number of aliphatic hydroxyl groups excluding tert-OH is 5. The number of azide groups is 5. The molecule has 5 N–H and O–H groups in total. The number of rotatable bonds is 20. The monoisotopic (exact) mass is 968 g/mol. The van der Waals surface area contributed by atoms with Gasteiger partial charge in [0, 0.05) is 31.1 Å². The van der Waals surface area contributed by atoms with E-state index in [9.17, 15) is 52.5 Å². The summed E-state index contributed by atoms with van der Waals surface area (Å²) in [5, 5.41) is 73.2. The maximum atomic E-state index is 15.5. The molecule has 2 aromatic carbocycles. The van der Waals surface area contributed by atoms with Crippen molar-refractivity contribution < 1.29 is 67.9 Å². The van der Waals surface area contributed by atoms with E-state index in [2.05, 4.69) is 50.1 Å². The summed E-state index contributed by atoms with van der Waals surface area (Å²) in [5.41, 5.74) is 48.0. The first kappa shape index (κ1) is 52.1. The first-order valence-electron chi connectivity index (χ1n) is 21.5. The third-order valence-electron chi connectivity index (χ3n) is 12.0. The van der Waals surface area contributed by atoms with Gasteiger partial charge in [0.1, 0.15) is 49.8 Å². The lowest BCUT2D eigenvalue weighted by atomic mass is 9.84. The highest BCUT2D eigenvalue weighted by molar-refractivity contribution is 5.68. The van der Waals surface area contributed by atoms with Gasteiger partial charge in [0.15, 0.2) is 18.9 Å². The fourth-order valence-corrected chi connectivity index (χ4v) is 8.59. The zero-order chi connectivity index (χ0) is 49.5. The standard InChI is InChI=1S/C39H49FN16O13/c40-14-24(56(16-19-7-3-1-4-8-19)39(62)63-18-20-9-5-2-6-10-20)25-12-11-21(47-52-42)36(64-25)67-33-23(49-54-44)13-22(48-53-43)29(58)35(33)69-38-32(61)34(27(17-57)66-38)68-37-28(50-55-45)31(60)30(59)26(65-37)15-46-51-41/h1-10,21-38,57-61H,11-18H2/t21-,22-,23+,24-,25+,26+,27-,28-,29+,30-,31-,32-,33-,34-,35-,36-,37-,38+/m1/s1. The summed E-state index contributed by atoms with van der Waals surface area (Å²) in [5.74, 6) is 0. The molecule has 1 saturated carbocycles. The van der Waals surface area contributed by atoms with Crippen LogP contribution in [0.15, 0.2) is 86.2 Å². The quantitative estimate of drug-likeness (QED) is 0.0708. The number of benzene rings is 2. The molecule has 4 aliphatic rings. The fourth-order valence-electron chi connectivity index (χ4n) is 8.59. The number of halogens is 1. The molecule has 0 spiro atoms. The van der Waals surface area contributed by atoms with E-state index in [0.29, 0.717) is 11.1 Å². The topological polar surface area (TPSA) is 430 Å². The van der Waals surface area contributed by atoms with Crippen molar-refractivity contribution in [2.45, 2.75) is 143 Å². The van der Waals surface area contributed by atoms with Crippen LogP contribution < -0.4 is 0 Å². The number of alkyl halides is 1. The Kier molecular flexibility index (Phi) is 19.2. The molecule has 370 valence electrons. The molecule has 1 aliphatic carbocycles. The van der Waals surface area contributed by atoms with Crippen molar-refractivity contribution in [2.24, 2.45) is 25.6 Å². The summed E-state index contributed by atoms with van der Waals surface area (Å²) < 4.78 is 57.4. The molecule has 0 aromatic heterocycles. The normalized spacial score (nSPS) is 34.5. The zero-order valence-electron chi connectivity index (χ0n) is 36.4. The molecule has 4 fully saturated rings. The lowest BCUT2D eigenvalue weighted by Gasteiger charge is -2.46. The minimum atomic E-state index is -1.93. The highest BCUT2D eigenvalue weighted by Crippen LogP contribution is 2.38. The van der Waals surface area contributed by atoms with Crippen LogP contribution in [0.25, 0.3) is 52.2 Å². The molecule has 0 bridgehead atoms. The van der Waals surface area contributed by atoms with Crippen LogP contribution in [0.2, 0.25) is 0 Å². The van der Waals surface area contributed by atoms with E-state index in [4.69, 9.17) is 38.7 Å². The van der Waals surface area contributed by atoms with E-state index in [1.807, 2.05) is 0 Å². The van der Waals surface area contributed by atoms with E-state index in [0.717, 1.165) is 0 Å². The molecule has 3 saturated heterocycles. The van der Waals surface area contributed by atoms with Gasteiger partial charge in [-0.25, -0.2) is 9.18 Å². The van der Waals surface area contributed by atoms with E-state index < -0.39 is 136 Å². The number of aliphatic hydroxyl groups is 5. The Morgan fingerprint density at radius 2 is 1.29 bits per heavy atom. The number of carbonyl (C=O) groups excluding carboxylic acids is 1. The second kappa shape index (κ2) is 25.4. The van der Waals surface area contributed by atoms with Crippen LogP contribution >= 0.6 is 0 Å². The first-order valence-corrected chi connectivity index (χ1v) is 21.5. The second-order valence-electron chi connectivity index (χ2n) is 16.2. The highest BCUT2D eigenvalue weighted by Gasteiger charge is 2.55. The number of ether oxygens (including phenoxy) is 7. The highest BCUT2D eigenvalue weighted by atomic mass is 19.1. The van der Waals surface area contributed by atoms with Gasteiger partial charge in [-0.3, -0.25) is 4.90 Å². The van der Waals surface area contributed by atoms with Crippen LogP contribution in [-0.4, -0.2) is 166 Å². The van der Waals surface area contributed by atoms with E-state index in [1.165, 1.54) is 4.90 Å². The molecule has 3 heterocycles. The lowest BCUT2D eigenvalue weighted by Crippen LogP contribution is -2.61. The van der Waals surface area contributed by atoms with E-state index in [-0.39, 0.29) is 32.4 Å². The Morgan fingerprint density at radius 3 is 1.93 bits per heavy atom. The molecule has 2 aromatic rings. The number of amides is 1. The summed E-state index contributed by atoms with van der Waals surface area (Å²) in [7, 11) is 0. The average Bonchev–Trinajstić information content (AvgIpc) is 3.66. The minimum Gasteiger partial charge on any atom is -0.445 e. The summed E-state index contributed by atoms with van der Waals surface area (Å²) in [6, 6.07) is 10.7. The molecule has 29 nitrogen and oxygen atoms in total. The minimum absolute atomic E-state index is 0.000359. The summed E-state index contributed by atoms with van der Waals surface area (Å²) >= 11 is 0. The van der Waals surface area contributed by atoms with Crippen LogP contribution in [0, 0.1) is 0 Å². The Bertz CT molecular complexity index is 2250. The first-order chi connectivity index (χ1) is 33.5. The average molecular weight is 969 g/mol. The van der Waals surface area contributed by atoms with Gasteiger partial charge in [-0.05, 0) is 58.0 Å². The number of hydrogen-bond donors (Lipinski definition) is 5.